The Bertz CT molecular complexity index is 1130. The van der Waals surface area contributed by atoms with Crippen LogP contribution in [0.25, 0.3) is 0 Å². The fraction of sp³-hybridized carbons (Fsp3) is 0.250. The van der Waals surface area contributed by atoms with Crippen LogP contribution in [0.1, 0.15) is 65.7 Å². The summed E-state index contributed by atoms with van der Waals surface area (Å²) in [6, 6.07) is 10.6. The van der Waals surface area contributed by atoms with Crippen LogP contribution in [0.3, 0.4) is 0 Å². The highest BCUT2D eigenvalue weighted by atomic mass is 32.1. The fourth-order valence-corrected chi connectivity index (χ4v) is 4.59. The maximum atomic E-state index is 13.1. The summed E-state index contributed by atoms with van der Waals surface area (Å²) in [6.45, 7) is 5.51. The van der Waals surface area contributed by atoms with Crippen molar-refractivity contribution in [3.8, 4) is 0 Å². The summed E-state index contributed by atoms with van der Waals surface area (Å²) in [4.78, 5) is 25.7. The molecule has 32 heavy (non-hydrogen) atoms. The average Bonchev–Trinajstić information content (AvgIpc) is 3.00. The molecule has 2 aromatic carbocycles. The first kappa shape index (κ1) is 23.5. The summed E-state index contributed by atoms with van der Waals surface area (Å²) in [6.07, 6.45) is -4.06. The number of nitrogens with one attached hydrogen (secondary N) is 1. The Kier molecular flexibility index (Phi) is 6.74. The Labute approximate surface area is 187 Å². The second-order valence-electron chi connectivity index (χ2n) is 7.54. The molecule has 0 bridgehead atoms. The van der Waals surface area contributed by atoms with Crippen LogP contribution in [0.4, 0.5) is 13.2 Å². The Hall–Kier alpha value is -3.13. The van der Waals surface area contributed by atoms with E-state index in [2.05, 4.69) is 5.32 Å². The molecule has 0 spiro atoms. The number of alkyl halides is 3. The molecular weight excluding hydrogens is 439 g/mol. The first-order valence-electron chi connectivity index (χ1n) is 9.84. The smallest absolute Gasteiger partial charge is 0.416 e. The van der Waals surface area contributed by atoms with Gasteiger partial charge in [0.1, 0.15) is 0 Å². The molecule has 0 unspecified atom stereocenters. The van der Waals surface area contributed by atoms with Crippen molar-refractivity contribution in [1.82, 2.24) is 5.32 Å². The highest BCUT2D eigenvalue weighted by Gasteiger charge is 2.30. The van der Waals surface area contributed by atoms with Gasteiger partial charge < -0.3 is 15.2 Å². The Morgan fingerprint density at radius 3 is 2.12 bits per heavy atom. The van der Waals surface area contributed by atoms with Gasteiger partial charge in [0.25, 0.3) is 5.91 Å². The van der Waals surface area contributed by atoms with Crippen molar-refractivity contribution in [1.29, 1.82) is 0 Å². The number of carbonyl (C=O) groups excluding carboxylic acids is 2. The maximum absolute atomic E-state index is 13.1. The van der Waals surface area contributed by atoms with E-state index in [0.717, 1.165) is 33.0 Å². The van der Waals surface area contributed by atoms with Gasteiger partial charge in [0, 0.05) is 9.75 Å². The second-order valence-corrected chi connectivity index (χ2v) is 8.97. The van der Waals surface area contributed by atoms with Gasteiger partial charge in [-0.25, -0.2) is 0 Å². The zero-order valence-corrected chi connectivity index (χ0v) is 18.5. The van der Waals surface area contributed by atoms with Crippen molar-refractivity contribution in [2.75, 3.05) is 0 Å². The minimum absolute atomic E-state index is 0.0513. The van der Waals surface area contributed by atoms with Crippen molar-refractivity contribution < 1.29 is 27.9 Å². The predicted octanol–water partition coefficient (Wildman–Crippen LogP) is 4.83. The van der Waals surface area contributed by atoms with Crippen molar-refractivity contribution in [2.24, 2.45) is 0 Å². The Morgan fingerprint density at radius 1 is 1.00 bits per heavy atom. The molecule has 1 aromatic heterocycles. The van der Waals surface area contributed by atoms with Crippen LogP contribution in [0.5, 0.6) is 0 Å². The molecule has 0 saturated heterocycles. The van der Waals surface area contributed by atoms with E-state index in [1.165, 1.54) is 35.6 Å². The summed E-state index contributed by atoms with van der Waals surface area (Å²) >= 11 is 1.47. The molecule has 3 aromatic rings. The first-order chi connectivity index (χ1) is 15.0. The quantitative estimate of drug-likeness (QED) is 0.573. The monoisotopic (exact) mass is 460 g/mol. The van der Waals surface area contributed by atoms with Crippen LogP contribution in [-0.2, 0) is 12.6 Å². The van der Waals surface area contributed by atoms with Crippen LogP contribution in [0, 0.1) is 13.8 Å². The van der Waals surface area contributed by atoms with Gasteiger partial charge in [0.2, 0.25) is 0 Å². The Balaban J connectivity index is 1.80. The first-order valence-corrected chi connectivity index (χ1v) is 10.7. The number of rotatable bonds is 6. The normalized spacial score (nSPS) is 12.4. The lowest BCUT2D eigenvalue weighted by atomic mass is 9.98. The lowest BCUT2D eigenvalue weighted by Crippen LogP contribution is -2.28. The van der Waals surface area contributed by atoms with Gasteiger partial charge in [0.15, 0.2) is 0 Å². The number of hydrogen-bond donors (Lipinski definition) is 1. The molecule has 4 nitrogen and oxygen atoms in total. The van der Waals surface area contributed by atoms with Crippen LogP contribution < -0.4 is 10.4 Å². The summed E-state index contributed by atoms with van der Waals surface area (Å²) in [7, 11) is 0. The molecule has 0 radical (unpaired) electrons. The third kappa shape index (κ3) is 5.19. The van der Waals surface area contributed by atoms with Crippen LogP contribution in [-0.4, -0.2) is 11.9 Å². The summed E-state index contributed by atoms with van der Waals surface area (Å²) in [5.74, 6) is -1.56. The summed E-state index contributed by atoms with van der Waals surface area (Å²) in [5.41, 5.74) is 2.05. The standard InChI is InChI=1S/C24H22F3NO3S/c1-13(17-6-8-18(9-7-17)23(30)31)28-22(29)21-15(3)32-14(2)20(21)12-16-4-10-19(11-5-16)24(25,26)27/h4-11,13H,12H2,1-3H3,(H,28,29)(H,30,31)/p-1/t13-/m0/s1. The lowest BCUT2D eigenvalue weighted by molar-refractivity contribution is -0.255. The minimum atomic E-state index is -4.40. The number of benzene rings is 2. The van der Waals surface area contributed by atoms with E-state index in [9.17, 15) is 27.9 Å². The molecule has 1 atom stereocenters. The molecule has 0 saturated carbocycles. The molecule has 0 fully saturated rings. The molecule has 8 heteroatoms. The van der Waals surface area contributed by atoms with Crippen LogP contribution in [0.15, 0.2) is 48.5 Å². The van der Waals surface area contributed by atoms with E-state index < -0.39 is 17.7 Å². The molecule has 0 aliphatic heterocycles. The number of aryl methyl sites for hydroxylation is 2. The van der Waals surface area contributed by atoms with Crippen molar-refractivity contribution in [3.63, 3.8) is 0 Å². The number of hydrogen-bond acceptors (Lipinski definition) is 4. The van der Waals surface area contributed by atoms with Gasteiger partial charge in [-0.15, -0.1) is 11.3 Å². The molecule has 0 aliphatic rings. The topological polar surface area (TPSA) is 69.2 Å². The van der Waals surface area contributed by atoms with Crippen molar-refractivity contribution >= 4 is 23.2 Å². The van der Waals surface area contributed by atoms with E-state index >= 15 is 0 Å². The predicted molar refractivity (Wildman–Crippen MR) is 115 cm³/mol. The van der Waals surface area contributed by atoms with E-state index in [1.807, 2.05) is 13.8 Å². The number of amides is 1. The maximum Gasteiger partial charge on any atom is 0.416 e. The highest BCUT2D eigenvalue weighted by Crippen LogP contribution is 2.32. The SMILES string of the molecule is Cc1sc(C)c(C(=O)N[C@@H](C)c2ccc(C(=O)[O-])cc2)c1Cc1ccc(C(F)(F)F)cc1. The molecule has 0 aliphatic carbocycles. The number of carboxylic acids is 1. The van der Waals surface area contributed by atoms with E-state index in [4.69, 9.17) is 0 Å². The molecule has 1 amide bonds. The third-order valence-corrected chi connectivity index (χ3v) is 6.33. The second kappa shape index (κ2) is 9.16. The molecular formula is C24H21F3NO3S-. The number of aromatic carboxylic acids is 1. The average molecular weight is 460 g/mol. The third-order valence-electron chi connectivity index (χ3n) is 5.27. The van der Waals surface area contributed by atoms with Gasteiger partial charge in [0.05, 0.1) is 23.1 Å². The molecule has 1 N–H and O–H groups in total. The van der Waals surface area contributed by atoms with Crippen molar-refractivity contribution in [3.05, 3.63) is 91.7 Å². The van der Waals surface area contributed by atoms with Gasteiger partial charge in [-0.1, -0.05) is 36.4 Å². The van der Waals surface area contributed by atoms with Gasteiger partial charge in [-0.3, -0.25) is 4.79 Å². The van der Waals surface area contributed by atoms with Gasteiger partial charge in [-0.2, -0.15) is 13.2 Å². The number of thiophene rings is 1. The molecule has 1 heterocycles. The fourth-order valence-electron chi connectivity index (χ4n) is 3.52. The van der Waals surface area contributed by atoms with E-state index in [1.54, 1.807) is 19.1 Å². The summed E-state index contributed by atoms with van der Waals surface area (Å²) < 4.78 is 38.5. The lowest BCUT2D eigenvalue weighted by Gasteiger charge is -2.16. The van der Waals surface area contributed by atoms with Gasteiger partial charge in [-0.05, 0) is 61.6 Å². The molecule has 3 rings (SSSR count). The molecule has 168 valence electrons. The van der Waals surface area contributed by atoms with Crippen molar-refractivity contribution in [2.45, 2.75) is 39.4 Å². The Morgan fingerprint density at radius 2 is 1.59 bits per heavy atom. The van der Waals surface area contributed by atoms with Crippen LogP contribution >= 0.6 is 11.3 Å². The number of carbonyl (C=O) groups is 2. The van der Waals surface area contributed by atoms with E-state index in [0.29, 0.717) is 17.5 Å². The number of halogens is 3. The zero-order valence-electron chi connectivity index (χ0n) is 17.7. The minimum Gasteiger partial charge on any atom is -0.545 e. The highest BCUT2D eigenvalue weighted by molar-refractivity contribution is 7.12. The number of carboxylic acid groups (broad SMARTS) is 1. The zero-order chi connectivity index (χ0) is 23.6. The largest absolute Gasteiger partial charge is 0.545 e. The summed E-state index contributed by atoms with van der Waals surface area (Å²) in [5, 5.41) is 13.8. The van der Waals surface area contributed by atoms with E-state index in [-0.39, 0.29) is 17.5 Å². The van der Waals surface area contributed by atoms with Gasteiger partial charge >= 0.3 is 6.18 Å². The van der Waals surface area contributed by atoms with Crippen LogP contribution in [0.2, 0.25) is 0 Å².